The van der Waals surface area contributed by atoms with Crippen molar-refractivity contribution in [2.24, 2.45) is 0 Å². The Morgan fingerprint density at radius 3 is 2.22 bits per heavy atom. The summed E-state index contributed by atoms with van der Waals surface area (Å²) in [5.74, 6) is 0. The van der Waals surface area contributed by atoms with Gasteiger partial charge in [0.25, 0.3) is 0 Å². The van der Waals surface area contributed by atoms with E-state index < -0.39 is 0 Å². The molecule has 1 aromatic carbocycles. The van der Waals surface area contributed by atoms with Crippen LogP contribution in [0.5, 0.6) is 0 Å². The number of rotatable bonds is 0. The Balaban J connectivity index is 3.17. The molecule has 2 nitrogen and oxygen atoms in total. The molecule has 4 N–H and O–H groups in total. The Morgan fingerprint density at radius 2 is 1.78 bits per heavy atom. The normalized spacial score (nSPS) is 9.33. The first-order valence-corrected chi connectivity index (χ1v) is 2.82. The van der Waals surface area contributed by atoms with Crippen LogP contribution in [0.1, 0.15) is 0 Å². The zero-order valence-electron chi connectivity index (χ0n) is 5.39. The molecule has 0 aliphatic heterocycles. The lowest BCUT2D eigenvalue weighted by molar-refractivity contribution is 1.70. The predicted molar refractivity (Wildman–Crippen MR) is 43.4 cm³/mol. The van der Waals surface area contributed by atoms with Gasteiger partial charge in [-0.1, -0.05) is 11.5 Å². The molecule has 0 amide bonds. The van der Waals surface area contributed by atoms with Gasteiger partial charge in [-0.05, 0) is 12.1 Å². The van der Waals surface area contributed by atoms with Crippen LogP contribution in [0.4, 0.5) is 11.4 Å². The third-order valence-corrected chi connectivity index (χ3v) is 1.24. The summed E-state index contributed by atoms with van der Waals surface area (Å²) < 4.78 is 0. The summed E-state index contributed by atoms with van der Waals surface area (Å²) in [5.41, 5.74) is 13.4. The van der Waals surface area contributed by atoms with Crippen molar-refractivity contribution in [3.63, 3.8) is 0 Å². The largest absolute Gasteiger partial charge is 0.397 e. The highest BCUT2D eigenvalue weighted by atomic mass is 14.7. The number of hydrogen-bond acceptors (Lipinski definition) is 2. The molecule has 0 radical (unpaired) electrons. The molecule has 0 aromatic heterocycles. The minimum absolute atomic E-state index is 0.653. The molecule has 0 heterocycles. The molecule has 0 fully saturated rings. The van der Waals surface area contributed by atoms with Gasteiger partial charge >= 0.3 is 0 Å². The Labute approximate surface area is 55.3 Å². The first kappa shape index (κ1) is 6.01. The lowest BCUT2D eigenvalue weighted by Crippen LogP contribution is -2.05. The van der Waals surface area contributed by atoms with Gasteiger partial charge in [-0.2, -0.15) is 0 Å². The van der Waals surface area contributed by atoms with Crippen LogP contribution in [0.3, 0.4) is 0 Å². The van der Waals surface area contributed by atoms with E-state index in [4.69, 9.17) is 11.5 Å². The van der Waals surface area contributed by atoms with Gasteiger partial charge in [-0.25, -0.2) is 0 Å². The van der Waals surface area contributed by atoms with E-state index in [1.807, 2.05) is 26.0 Å². The van der Waals surface area contributed by atoms with Crippen LogP contribution in [0.2, 0.25) is 0 Å². The summed E-state index contributed by atoms with van der Waals surface area (Å²) in [6, 6.07) is 5.60. The molecule has 3 heteroatoms. The molecule has 0 spiro atoms. The molecule has 0 bridgehead atoms. The second kappa shape index (κ2) is 2.01. The Hall–Kier alpha value is -1.12. The zero-order valence-corrected chi connectivity index (χ0v) is 5.39. The van der Waals surface area contributed by atoms with Crippen LogP contribution in [0, 0.1) is 0 Å². The van der Waals surface area contributed by atoms with E-state index in [-0.39, 0.29) is 0 Å². The second-order valence-electron chi connectivity index (χ2n) is 2.13. The van der Waals surface area contributed by atoms with Gasteiger partial charge in [0.05, 0.1) is 11.4 Å². The molecule has 46 valence electrons. The minimum Gasteiger partial charge on any atom is -0.397 e. The first-order valence-electron chi connectivity index (χ1n) is 2.82. The molecule has 9 heavy (non-hydrogen) atoms. The fraction of sp³-hybridized carbons (Fsp3) is 0. The lowest BCUT2D eigenvalue weighted by atomic mass is 9.96. The number of anilines is 2. The van der Waals surface area contributed by atoms with Crippen molar-refractivity contribution in [2.45, 2.75) is 0 Å². The van der Waals surface area contributed by atoms with Crippen molar-refractivity contribution in [3.8, 4) is 0 Å². The average molecular weight is 120 g/mol. The Bertz CT molecular complexity index is 222. The number of benzene rings is 1. The van der Waals surface area contributed by atoms with Crippen molar-refractivity contribution in [1.82, 2.24) is 0 Å². The fourth-order valence-electron chi connectivity index (χ4n) is 0.694. The van der Waals surface area contributed by atoms with Crippen LogP contribution >= 0.6 is 0 Å². The van der Waals surface area contributed by atoms with Crippen molar-refractivity contribution in [3.05, 3.63) is 18.2 Å². The van der Waals surface area contributed by atoms with Crippen molar-refractivity contribution in [2.75, 3.05) is 11.5 Å². The van der Waals surface area contributed by atoms with Crippen molar-refractivity contribution >= 4 is 24.7 Å². The van der Waals surface area contributed by atoms with E-state index in [0.29, 0.717) is 11.4 Å². The predicted octanol–water partition coefficient (Wildman–Crippen LogP) is -0.891. The van der Waals surface area contributed by atoms with Crippen LogP contribution in [-0.2, 0) is 0 Å². The maximum atomic E-state index is 5.50. The maximum Gasteiger partial charge on any atom is 0.139 e. The quantitative estimate of drug-likeness (QED) is 0.344. The molecule has 1 aromatic rings. The summed E-state index contributed by atoms with van der Waals surface area (Å²) in [5, 5.41) is 0. The Kier molecular flexibility index (Phi) is 1.34. The molecule has 0 saturated heterocycles. The average Bonchev–Trinajstić information content (AvgIpc) is 1.80. The zero-order chi connectivity index (χ0) is 6.85. The third kappa shape index (κ3) is 1.16. The van der Waals surface area contributed by atoms with Gasteiger partial charge in [0.15, 0.2) is 0 Å². The maximum absolute atomic E-state index is 5.50. The van der Waals surface area contributed by atoms with Crippen molar-refractivity contribution in [1.29, 1.82) is 0 Å². The highest BCUT2D eigenvalue weighted by Gasteiger charge is 1.90. The van der Waals surface area contributed by atoms with Gasteiger partial charge in [0.2, 0.25) is 0 Å². The summed E-state index contributed by atoms with van der Waals surface area (Å²) in [6.45, 7) is 0. The van der Waals surface area contributed by atoms with Gasteiger partial charge in [-0.15, -0.1) is 0 Å². The molecule has 0 aliphatic carbocycles. The van der Waals surface area contributed by atoms with Gasteiger partial charge in [0, 0.05) is 0 Å². The van der Waals surface area contributed by atoms with E-state index in [0.717, 1.165) is 5.46 Å². The summed E-state index contributed by atoms with van der Waals surface area (Å²) >= 11 is 0. The SMILES string of the molecule is Bc1ccc(N)c(N)c1. The van der Waals surface area contributed by atoms with Gasteiger partial charge in [0.1, 0.15) is 7.85 Å². The van der Waals surface area contributed by atoms with Crippen LogP contribution in [0.25, 0.3) is 0 Å². The topological polar surface area (TPSA) is 52.0 Å². The van der Waals surface area contributed by atoms with Crippen LogP contribution < -0.4 is 16.9 Å². The molecule has 1 rings (SSSR count). The first-order chi connectivity index (χ1) is 4.20. The fourth-order valence-corrected chi connectivity index (χ4v) is 0.694. The Morgan fingerprint density at radius 1 is 1.11 bits per heavy atom. The van der Waals surface area contributed by atoms with E-state index in [1.54, 1.807) is 0 Å². The molecule has 0 atom stereocenters. The third-order valence-electron chi connectivity index (χ3n) is 1.24. The molecule has 0 unspecified atom stereocenters. The highest BCUT2D eigenvalue weighted by molar-refractivity contribution is 6.32. The second-order valence-corrected chi connectivity index (χ2v) is 2.13. The van der Waals surface area contributed by atoms with Crippen molar-refractivity contribution < 1.29 is 0 Å². The van der Waals surface area contributed by atoms with Crippen LogP contribution in [-0.4, -0.2) is 7.85 Å². The van der Waals surface area contributed by atoms with E-state index >= 15 is 0 Å². The monoisotopic (exact) mass is 120 g/mol. The molecule has 0 saturated carbocycles. The van der Waals surface area contributed by atoms with Gasteiger partial charge in [-0.3, -0.25) is 0 Å². The lowest BCUT2D eigenvalue weighted by Gasteiger charge is -1.98. The summed E-state index contributed by atoms with van der Waals surface area (Å²) in [6.07, 6.45) is 0. The van der Waals surface area contributed by atoms with E-state index in [9.17, 15) is 0 Å². The number of nitrogens with two attached hydrogens (primary N) is 2. The number of nitrogen functional groups attached to an aromatic ring is 2. The molecule has 0 aliphatic rings. The highest BCUT2D eigenvalue weighted by Crippen LogP contribution is 2.08. The van der Waals surface area contributed by atoms with E-state index in [1.165, 1.54) is 0 Å². The molecular formula is C6H9BN2. The van der Waals surface area contributed by atoms with E-state index in [2.05, 4.69) is 0 Å². The standard InChI is InChI=1S/C6H9BN2/c7-4-1-2-5(8)6(9)3-4/h1-3H,7-9H2. The minimum atomic E-state index is 0.653. The molecular weight excluding hydrogens is 111 g/mol. The summed E-state index contributed by atoms with van der Waals surface area (Å²) in [7, 11) is 1.98. The smallest absolute Gasteiger partial charge is 0.139 e. The number of hydrogen-bond donors (Lipinski definition) is 2. The van der Waals surface area contributed by atoms with Crippen LogP contribution in [0.15, 0.2) is 18.2 Å². The summed E-state index contributed by atoms with van der Waals surface area (Å²) in [4.78, 5) is 0. The van der Waals surface area contributed by atoms with Gasteiger partial charge < -0.3 is 11.5 Å².